The molecular weight excluding hydrogens is 285 g/mol. The summed E-state index contributed by atoms with van der Waals surface area (Å²) in [6.07, 6.45) is 2.45. The van der Waals surface area contributed by atoms with Crippen molar-refractivity contribution < 1.29 is 14.0 Å². The molecule has 22 heavy (non-hydrogen) atoms. The molecular formula is C16H22FN3O2. The monoisotopic (exact) mass is 307 g/mol. The first-order chi connectivity index (χ1) is 10.5. The van der Waals surface area contributed by atoms with E-state index in [0.717, 1.165) is 32.0 Å². The van der Waals surface area contributed by atoms with Gasteiger partial charge in [-0.3, -0.25) is 9.59 Å². The first kappa shape index (κ1) is 16.4. The zero-order valence-electron chi connectivity index (χ0n) is 12.7. The van der Waals surface area contributed by atoms with Crippen LogP contribution in [-0.2, 0) is 4.79 Å². The summed E-state index contributed by atoms with van der Waals surface area (Å²) in [4.78, 5) is 23.2. The van der Waals surface area contributed by atoms with E-state index in [1.165, 1.54) is 12.1 Å². The Morgan fingerprint density at radius 3 is 2.73 bits per heavy atom. The van der Waals surface area contributed by atoms with E-state index < -0.39 is 11.7 Å². The molecule has 2 rings (SSSR count). The smallest absolute Gasteiger partial charge is 0.248 e. The number of nitrogens with one attached hydrogen (secondary N) is 2. The number of amides is 2. The lowest BCUT2D eigenvalue weighted by Crippen LogP contribution is -2.32. The van der Waals surface area contributed by atoms with Crippen molar-refractivity contribution in [2.24, 2.45) is 17.6 Å². The van der Waals surface area contributed by atoms with Gasteiger partial charge in [0, 0.05) is 12.0 Å². The van der Waals surface area contributed by atoms with E-state index in [1.54, 1.807) is 0 Å². The predicted octanol–water partition coefficient (Wildman–Crippen LogP) is 1.89. The number of piperidine rings is 1. The third-order valence-corrected chi connectivity index (χ3v) is 4.22. The maximum Gasteiger partial charge on any atom is 0.248 e. The Hall–Kier alpha value is -1.95. The summed E-state index contributed by atoms with van der Waals surface area (Å²) >= 11 is 0. The number of hydrogen-bond acceptors (Lipinski definition) is 3. The van der Waals surface area contributed by atoms with Crippen molar-refractivity contribution in [3.8, 4) is 0 Å². The Morgan fingerprint density at radius 2 is 2.09 bits per heavy atom. The van der Waals surface area contributed by atoms with Crippen LogP contribution in [0.15, 0.2) is 18.2 Å². The standard InChI is InChI=1S/C16H22FN3O2/c1-10(11-4-6-19-7-5-11)8-15(21)20-14-9-12(16(18)22)2-3-13(14)17/h2-3,9-11,19H,4-8H2,1H3,(H2,18,22)(H,20,21). The lowest BCUT2D eigenvalue weighted by atomic mass is 9.84. The molecule has 5 nitrogen and oxygen atoms in total. The number of nitrogens with two attached hydrogens (primary N) is 1. The lowest BCUT2D eigenvalue weighted by molar-refractivity contribution is -0.117. The molecule has 120 valence electrons. The Kier molecular flexibility index (Phi) is 5.49. The first-order valence-corrected chi connectivity index (χ1v) is 7.57. The average molecular weight is 307 g/mol. The molecule has 1 fully saturated rings. The SMILES string of the molecule is CC(CC(=O)Nc1cc(C(N)=O)ccc1F)C1CCNCC1. The maximum absolute atomic E-state index is 13.7. The number of benzene rings is 1. The summed E-state index contributed by atoms with van der Waals surface area (Å²) < 4.78 is 13.7. The Balaban J connectivity index is 1.96. The minimum Gasteiger partial charge on any atom is -0.366 e. The van der Waals surface area contributed by atoms with Gasteiger partial charge in [-0.15, -0.1) is 0 Å². The molecule has 1 aliphatic rings. The summed E-state index contributed by atoms with van der Waals surface area (Å²) in [7, 11) is 0. The topological polar surface area (TPSA) is 84.2 Å². The van der Waals surface area contributed by atoms with E-state index in [4.69, 9.17) is 5.73 Å². The van der Waals surface area contributed by atoms with Gasteiger partial charge in [-0.25, -0.2) is 4.39 Å². The molecule has 4 N–H and O–H groups in total. The van der Waals surface area contributed by atoms with Gasteiger partial charge in [0.25, 0.3) is 0 Å². The van der Waals surface area contributed by atoms with E-state index in [0.29, 0.717) is 12.3 Å². The Labute approximate surface area is 129 Å². The fourth-order valence-electron chi connectivity index (χ4n) is 2.85. The number of halogens is 1. The van der Waals surface area contributed by atoms with Crippen LogP contribution in [0.3, 0.4) is 0 Å². The highest BCUT2D eigenvalue weighted by molar-refractivity contribution is 5.96. The van der Waals surface area contributed by atoms with Gasteiger partial charge in [-0.1, -0.05) is 6.92 Å². The highest BCUT2D eigenvalue weighted by Crippen LogP contribution is 2.25. The van der Waals surface area contributed by atoms with Crippen LogP contribution in [0, 0.1) is 17.7 Å². The number of carbonyl (C=O) groups is 2. The minimum absolute atomic E-state index is 0.00110. The second-order valence-corrected chi connectivity index (χ2v) is 5.88. The minimum atomic E-state index is -0.654. The zero-order chi connectivity index (χ0) is 16.1. The van der Waals surface area contributed by atoms with Gasteiger partial charge in [-0.05, 0) is 56.0 Å². The number of primary amides is 1. The van der Waals surface area contributed by atoms with Gasteiger partial charge in [0.05, 0.1) is 5.69 Å². The first-order valence-electron chi connectivity index (χ1n) is 7.57. The molecule has 0 spiro atoms. The van der Waals surface area contributed by atoms with Crippen molar-refractivity contribution in [3.63, 3.8) is 0 Å². The fourth-order valence-corrected chi connectivity index (χ4v) is 2.85. The van der Waals surface area contributed by atoms with E-state index in [2.05, 4.69) is 10.6 Å². The molecule has 0 saturated carbocycles. The number of anilines is 1. The molecule has 0 bridgehead atoms. The number of carbonyl (C=O) groups excluding carboxylic acids is 2. The largest absolute Gasteiger partial charge is 0.366 e. The van der Waals surface area contributed by atoms with E-state index in [-0.39, 0.29) is 23.1 Å². The van der Waals surface area contributed by atoms with Gasteiger partial charge in [0.1, 0.15) is 5.82 Å². The van der Waals surface area contributed by atoms with Gasteiger partial charge < -0.3 is 16.4 Å². The maximum atomic E-state index is 13.7. The van der Waals surface area contributed by atoms with Crippen molar-refractivity contribution in [2.75, 3.05) is 18.4 Å². The summed E-state index contributed by atoms with van der Waals surface area (Å²) in [5.74, 6) is -0.726. The normalized spacial score (nSPS) is 17.0. The number of rotatable bonds is 5. The van der Waals surface area contributed by atoms with Crippen LogP contribution in [0.5, 0.6) is 0 Å². The van der Waals surface area contributed by atoms with Gasteiger partial charge in [-0.2, -0.15) is 0 Å². The van der Waals surface area contributed by atoms with Crippen LogP contribution in [0.4, 0.5) is 10.1 Å². The Morgan fingerprint density at radius 1 is 1.41 bits per heavy atom. The van der Waals surface area contributed by atoms with Gasteiger partial charge in [0.2, 0.25) is 11.8 Å². The van der Waals surface area contributed by atoms with E-state index in [9.17, 15) is 14.0 Å². The molecule has 0 aliphatic carbocycles. The van der Waals surface area contributed by atoms with Crippen molar-refractivity contribution in [1.82, 2.24) is 5.32 Å². The molecule has 2 amide bonds. The lowest BCUT2D eigenvalue weighted by Gasteiger charge is -2.27. The van der Waals surface area contributed by atoms with Crippen LogP contribution in [0.1, 0.15) is 36.5 Å². The summed E-state index contributed by atoms with van der Waals surface area (Å²) in [5, 5.41) is 5.83. The second kappa shape index (κ2) is 7.35. The molecule has 1 unspecified atom stereocenters. The molecule has 6 heteroatoms. The van der Waals surface area contributed by atoms with Crippen molar-refractivity contribution >= 4 is 17.5 Å². The second-order valence-electron chi connectivity index (χ2n) is 5.88. The Bertz CT molecular complexity index is 556. The highest BCUT2D eigenvalue weighted by Gasteiger charge is 2.22. The van der Waals surface area contributed by atoms with E-state index in [1.807, 2.05) is 6.92 Å². The molecule has 0 radical (unpaired) electrons. The third kappa shape index (κ3) is 4.27. The van der Waals surface area contributed by atoms with Crippen molar-refractivity contribution in [2.45, 2.75) is 26.2 Å². The molecule has 1 aliphatic heterocycles. The fraction of sp³-hybridized carbons (Fsp3) is 0.500. The average Bonchev–Trinajstić information content (AvgIpc) is 2.50. The van der Waals surface area contributed by atoms with Gasteiger partial charge in [0.15, 0.2) is 0 Å². The summed E-state index contributed by atoms with van der Waals surface area (Å²) in [5.41, 5.74) is 5.33. The van der Waals surface area contributed by atoms with Gasteiger partial charge >= 0.3 is 0 Å². The molecule has 1 aromatic rings. The van der Waals surface area contributed by atoms with Crippen molar-refractivity contribution in [1.29, 1.82) is 0 Å². The summed E-state index contributed by atoms with van der Waals surface area (Å²) in [6.45, 7) is 4.00. The molecule has 1 saturated heterocycles. The number of hydrogen-bond donors (Lipinski definition) is 3. The molecule has 1 aromatic carbocycles. The van der Waals surface area contributed by atoms with Crippen LogP contribution < -0.4 is 16.4 Å². The molecule has 0 aromatic heterocycles. The third-order valence-electron chi connectivity index (χ3n) is 4.22. The van der Waals surface area contributed by atoms with Crippen LogP contribution >= 0.6 is 0 Å². The molecule has 1 atom stereocenters. The molecule has 1 heterocycles. The van der Waals surface area contributed by atoms with Crippen LogP contribution in [0.25, 0.3) is 0 Å². The highest BCUT2D eigenvalue weighted by atomic mass is 19.1. The zero-order valence-corrected chi connectivity index (χ0v) is 12.7. The van der Waals surface area contributed by atoms with Crippen LogP contribution in [0.2, 0.25) is 0 Å². The van der Waals surface area contributed by atoms with Crippen LogP contribution in [-0.4, -0.2) is 24.9 Å². The summed E-state index contributed by atoms with van der Waals surface area (Å²) in [6, 6.07) is 3.70. The van der Waals surface area contributed by atoms with E-state index >= 15 is 0 Å². The predicted molar refractivity (Wildman–Crippen MR) is 82.9 cm³/mol. The van der Waals surface area contributed by atoms with Crippen molar-refractivity contribution in [3.05, 3.63) is 29.6 Å². The quantitative estimate of drug-likeness (QED) is 0.776.